The van der Waals surface area contributed by atoms with Gasteiger partial charge in [-0.25, -0.2) is 4.98 Å². The number of pyridine rings is 1. The van der Waals surface area contributed by atoms with Gasteiger partial charge >= 0.3 is 0 Å². The molecule has 1 fully saturated rings. The van der Waals surface area contributed by atoms with Crippen LogP contribution in [0.3, 0.4) is 0 Å². The number of aryl methyl sites for hydroxylation is 1. The van der Waals surface area contributed by atoms with E-state index >= 15 is 0 Å². The van der Waals surface area contributed by atoms with Gasteiger partial charge in [0.15, 0.2) is 0 Å². The van der Waals surface area contributed by atoms with Crippen molar-refractivity contribution in [3.8, 4) is 10.6 Å². The first-order valence-electron chi connectivity index (χ1n) is 6.90. The van der Waals surface area contributed by atoms with Crippen molar-refractivity contribution in [2.75, 3.05) is 5.32 Å². The molecule has 0 aliphatic heterocycles. The van der Waals surface area contributed by atoms with Gasteiger partial charge < -0.3 is 5.32 Å². The Bertz CT molecular complexity index is 605. The SMILES string of the molecule is Cc1nc(-c2cccnc2)sc1NC(=O)CCC1CC1. The molecule has 0 radical (unpaired) electrons. The van der Waals surface area contributed by atoms with Crippen LogP contribution in [0, 0.1) is 12.8 Å². The third-order valence-corrected chi connectivity index (χ3v) is 4.56. The first-order valence-corrected chi connectivity index (χ1v) is 7.71. The Morgan fingerprint density at radius 2 is 2.35 bits per heavy atom. The minimum Gasteiger partial charge on any atom is -0.316 e. The van der Waals surface area contributed by atoms with Gasteiger partial charge in [0.2, 0.25) is 5.91 Å². The van der Waals surface area contributed by atoms with Gasteiger partial charge in [-0.3, -0.25) is 9.78 Å². The van der Waals surface area contributed by atoms with Gasteiger partial charge in [0.25, 0.3) is 0 Å². The quantitative estimate of drug-likeness (QED) is 0.913. The molecule has 2 aromatic rings. The van der Waals surface area contributed by atoms with Crippen LogP contribution in [0.2, 0.25) is 0 Å². The van der Waals surface area contributed by atoms with Gasteiger partial charge in [0.1, 0.15) is 10.0 Å². The number of nitrogens with one attached hydrogen (secondary N) is 1. The van der Waals surface area contributed by atoms with E-state index in [9.17, 15) is 4.79 Å². The highest BCUT2D eigenvalue weighted by Gasteiger charge is 2.22. The summed E-state index contributed by atoms with van der Waals surface area (Å²) in [4.78, 5) is 20.5. The molecule has 5 heteroatoms. The Labute approximate surface area is 122 Å². The number of carbonyl (C=O) groups is 1. The first-order chi connectivity index (χ1) is 9.72. The van der Waals surface area contributed by atoms with Crippen molar-refractivity contribution in [3.05, 3.63) is 30.2 Å². The molecule has 0 saturated heterocycles. The predicted octanol–water partition coefficient (Wildman–Crippen LogP) is 3.64. The molecule has 0 atom stereocenters. The summed E-state index contributed by atoms with van der Waals surface area (Å²) >= 11 is 1.51. The normalized spacial score (nSPS) is 14.2. The van der Waals surface area contributed by atoms with Crippen molar-refractivity contribution in [3.63, 3.8) is 0 Å². The average molecular weight is 287 g/mol. The van der Waals surface area contributed by atoms with Gasteiger partial charge in [-0.2, -0.15) is 0 Å². The zero-order chi connectivity index (χ0) is 13.9. The van der Waals surface area contributed by atoms with E-state index in [1.54, 1.807) is 12.4 Å². The predicted molar refractivity (Wildman–Crippen MR) is 80.7 cm³/mol. The van der Waals surface area contributed by atoms with Crippen LogP contribution in [0.5, 0.6) is 0 Å². The van der Waals surface area contributed by atoms with Crippen molar-refractivity contribution >= 4 is 22.2 Å². The fraction of sp³-hybridized carbons (Fsp3) is 0.400. The lowest BCUT2D eigenvalue weighted by molar-refractivity contribution is -0.116. The van der Waals surface area contributed by atoms with Gasteiger partial charge in [0.05, 0.1) is 5.69 Å². The zero-order valence-electron chi connectivity index (χ0n) is 11.4. The third-order valence-electron chi connectivity index (χ3n) is 3.43. The van der Waals surface area contributed by atoms with Crippen LogP contribution in [0.1, 0.15) is 31.4 Å². The van der Waals surface area contributed by atoms with E-state index in [-0.39, 0.29) is 5.91 Å². The number of amides is 1. The summed E-state index contributed by atoms with van der Waals surface area (Å²) in [5.74, 6) is 0.885. The van der Waals surface area contributed by atoms with Crippen molar-refractivity contribution in [1.82, 2.24) is 9.97 Å². The molecule has 1 aliphatic rings. The number of aromatic nitrogens is 2. The molecule has 0 aromatic carbocycles. The van der Waals surface area contributed by atoms with Gasteiger partial charge in [-0.05, 0) is 31.4 Å². The van der Waals surface area contributed by atoms with E-state index < -0.39 is 0 Å². The van der Waals surface area contributed by atoms with Crippen LogP contribution < -0.4 is 5.32 Å². The Balaban J connectivity index is 1.67. The number of rotatable bonds is 5. The summed E-state index contributed by atoms with van der Waals surface area (Å²) in [6.07, 6.45) is 7.74. The van der Waals surface area contributed by atoms with Crippen LogP contribution in [0.4, 0.5) is 5.00 Å². The first kappa shape index (κ1) is 13.2. The number of carbonyl (C=O) groups excluding carboxylic acids is 1. The van der Waals surface area contributed by atoms with E-state index in [1.807, 2.05) is 19.1 Å². The Morgan fingerprint density at radius 3 is 3.05 bits per heavy atom. The summed E-state index contributed by atoms with van der Waals surface area (Å²) in [5, 5.41) is 4.73. The van der Waals surface area contributed by atoms with Crippen molar-refractivity contribution < 1.29 is 4.79 Å². The molecule has 1 aliphatic carbocycles. The Hall–Kier alpha value is -1.75. The van der Waals surface area contributed by atoms with Gasteiger partial charge in [-0.15, -0.1) is 0 Å². The maximum Gasteiger partial charge on any atom is 0.225 e. The van der Waals surface area contributed by atoms with E-state index in [0.29, 0.717) is 6.42 Å². The molecule has 2 heterocycles. The van der Waals surface area contributed by atoms with Crippen molar-refractivity contribution in [2.24, 2.45) is 5.92 Å². The van der Waals surface area contributed by atoms with E-state index in [2.05, 4.69) is 15.3 Å². The van der Waals surface area contributed by atoms with Gasteiger partial charge in [-0.1, -0.05) is 24.2 Å². The molecule has 2 aromatic heterocycles. The van der Waals surface area contributed by atoms with E-state index in [4.69, 9.17) is 0 Å². The minimum atomic E-state index is 0.0985. The highest BCUT2D eigenvalue weighted by Crippen LogP contribution is 2.34. The zero-order valence-corrected chi connectivity index (χ0v) is 12.2. The monoisotopic (exact) mass is 287 g/mol. The van der Waals surface area contributed by atoms with Gasteiger partial charge in [0, 0.05) is 24.4 Å². The third kappa shape index (κ3) is 3.22. The molecular weight excluding hydrogens is 270 g/mol. The lowest BCUT2D eigenvalue weighted by Crippen LogP contribution is -2.11. The van der Waals surface area contributed by atoms with Crippen LogP contribution in [0.15, 0.2) is 24.5 Å². The summed E-state index contributed by atoms with van der Waals surface area (Å²) in [6, 6.07) is 3.87. The molecule has 1 saturated carbocycles. The fourth-order valence-electron chi connectivity index (χ4n) is 2.06. The standard InChI is InChI=1S/C15H17N3OS/c1-10-14(18-13(19)7-6-11-4-5-11)20-15(17-10)12-3-2-8-16-9-12/h2-3,8-9,11H,4-7H2,1H3,(H,18,19). The molecule has 104 valence electrons. The molecule has 1 amide bonds. The number of anilines is 1. The second kappa shape index (κ2) is 5.71. The number of hydrogen-bond acceptors (Lipinski definition) is 4. The lowest BCUT2D eigenvalue weighted by Gasteiger charge is -2.02. The lowest BCUT2D eigenvalue weighted by atomic mass is 10.2. The highest BCUT2D eigenvalue weighted by molar-refractivity contribution is 7.19. The molecule has 0 spiro atoms. The summed E-state index contributed by atoms with van der Waals surface area (Å²) in [6.45, 7) is 1.92. The highest BCUT2D eigenvalue weighted by atomic mass is 32.1. The van der Waals surface area contributed by atoms with Crippen molar-refractivity contribution in [2.45, 2.75) is 32.6 Å². The Morgan fingerprint density at radius 1 is 1.50 bits per heavy atom. The number of thiazole rings is 1. The second-order valence-electron chi connectivity index (χ2n) is 5.21. The van der Waals surface area contributed by atoms with E-state index in [1.165, 1.54) is 24.2 Å². The smallest absolute Gasteiger partial charge is 0.225 e. The summed E-state index contributed by atoms with van der Waals surface area (Å²) < 4.78 is 0. The molecular formula is C15H17N3OS. The second-order valence-corrected chi connectivity index (χ2v) is 6.20. The van der Waals surface area contributed by atoms with Crippen LogP contribution in [-0.2, 0) is 4.79 Å². The maximum atomic E-state index is 11.9. The average Bonchev–Trinajstić information content (AvgIpc) is 3.22. The molecule has 0 bridgehead atoms. The maximum absolute atomic E-state index is 11.9. The molecule has 4 nitrogen and oxygen atoms in total. The Kier molecular flexibility index (Phi) is 3.78. The molecule has 20 heavy (non-hydrogen) atoms. The van der Waals surface area contributed by atoms with Crippen LogP contribution in [-0.4, -0.2) is 15.9 Å². The summed E-state index contributed by atoms with van der Waals surface area (Å²) in [5.41, 5.74) is 1.85. The number of hydrogen-bond donors (Lipinski definition) is 1. The largest absolute Gasteiger partial charge is 0.316 e. The molecule has 3 rings (SSSR count). The van der Waals surface area contributed by atoms with E-state index in [0.717, 1.165) is 33.6 Å². The topological polar surface area (TPSA) is 54.9 Å². The number of nitrogens with zero attached hydrogens (tertiary/aromatic N) is 2. The van der Waals surface area contributed by atoms with Crippen molar-refractivity contribution in [1.29, 1.82) is 0 Å². The molecule has 0 unspecified atom stereocenters. The molecule has 1 N–H and O–H groups in total. The fourth-order valence-corrected chi connectivity index (χ4v) is 3.03. The van der Waals surface area contributed by atoms with Crippen LogP contribution >= 0.6 is 11.3 Å². The minimum absolute atomic E-state index is 0.0985. The summed E-state index contributed by atoms with van der Waals surface area (Å²) in [7, 11) is 0. The van der Waals surface area contributed by atoms with Crippen LogP contribution in [0.25, 0.3) is 10.6 Å².